The molecule has 110 valence electrons. The zero-order valence-corrected chi connectivity index (χ0v) is 12.7. The zero-order valence-electron chi connectivity index (χ0n) is 11.9. The number of hydrogen-bond donors (Lipinski definition) is 1. The summed E-state index contributed by atoms with van der Waals surface area (Å²) in [5, 5.41) is 1.32. The van der Waals surface area contributed by atoms with E-state index < -0.39 is 0 Å². The molecule has 0 fully saturated rings. The summed E-state index contributed by atoms with van der Waals surface area (Å²) in [5.41, 5.74) is 3.45. The molecule has 0 spiro atoms. The Kier molecular flexibility index (Phi) is 3.23. The van der Waals surface area contributed by atoms with Crippen LogP contribution in [0.2, 0.25) is 0 Å². The van der Waals surface area contributed by atoms with E-state index in [0.29, 0.717) is 11.8 Å². The molecule has 2 aromatic heterocycles. The SMILES string of the molecule is CCOc1ccc2nc(Sc3nc4ccccc4o3)[nH]c2c1. The van der Waals surface area contributed by atoms with Gasteiger partial charge in [-0.25, -0.2) is 9.97 Å². The molecule has 0 saturated heterocycles. The van der Waals surface area contributed by atoms with Crippen molar-refractivity contribution in [1.29, 1.82) is 0 Å². The van der Waals surface area contributed by atoms with Gasteiger partial charge in [0.1, 0.15) is 11.3 Å². The standard InChI is InChI=1S/C16H13N3O2S/c1-2-20-10-7-8-11-13(9-10)18-15(17-11)22-16-19-12-5-3-4-6-14(12)21-16/h3-9H,2H2,1H3,(H,17,18). The van der Waals surface area contributed by atoms with Gasteiger partial charge in [0, 0.05) is 17.8 Å². The Bertz CT molecular complexity index is 912. The average molecular weight is 311 g/mol. The lowest BCUT2D eigenvalue weighted by Crippen LogP contribution is -1.90. The van der Waals surface area contributed by atoms with Crippen LogP contribution >= 0.6 is 11.8 Å². The highest BCUT2D eigenvalue weighted by atomic mass is 32.2. The summed E-state index contributed by atoms with van der Waals surface area (Å²) in [6, 6.07) is 13.5. The lowest BCUT2D eigenvalue weighted by atomic mass is 10.3. The number of nitrogens with zero attached hydrogens (tertiary/aromatic N) is 2. The van der Waals surface area contributed by atoms with Crippen molar-refractivity contribution in [2.75, 3.05) is 6.61 Å². The van der Waals surface area contributed by atoms with Crippen molar-refractivity contribution in [1.82, 2.24) is 15.0 Å². The number of aromatic amines is 1. The molecular weight excluding hydrogens is 298 g/mol. The van der Waals surface area contributed by atoms with Gasteiger partial charge in [-0.15, -0.1) is 0 Å². The zero-order chi connectivity index (χ0) is 14.9. The van der Waals surface area contributed by atoms with E-state index in [2.05, 4.69) is 15.0 Å². The fourth-order valence-corrected chi connectivity index (χ4v) is 2.99. The molecule has 0 bridgehead atoms. The molecule has 0 unspecified atom stereocenters. The quantitative estimate of drug-likeness (QED) is 0.610. The largest absolute Gasteiger partial charge is 0.494 e. The van der Waals surface area contributed by atoms with Gasteiger partial charge in [0.15, 0.2) is 10.7 Å². The van der Waals surface area contributed by atoms with Crippen LogP contribution in [0.25, 0.3) is 22.1 Å². The van der Waals surface area contributed by atoms with Gasteiger partial charge in [-0.1, -0.05) is 12.1 Å². The molecule has 22 heavy (non-hydrogen) atoms. The van der Waals surface area contributed by atoms with E-state index in [1.807, 2.05) is 49.4 Å². The van der Waals surface area contributed by atoms with Crippen LogP contribution in [0.3, 0.4) is 0 Å². The number of aromatic nitrogens is 3. The molecule has 0 aliphatic rings. The predicted octanol–water partition coefficient (Wildman–Crippen LogP) is 4.25. The molecule has 0 saturated carbocycles. The number of para-hydroxylation sites is 2. The topological polar surface area (TPSA) is 63.9 Å². The molecular formula is C16H13N3O2S. The van der Waals surface area contributed by atoms with Crippen LogP contribution in [0.4, 0.5) is 0 Å². The van der Waals surface area contributed by atoms with Crippen LogP contribution in [0, 0.1) is 0 Å². The summed E-state index contributed by atoms with van der Waals surface area (Å²) in [4.78, 5) is 12.2. The first-order valence-corrected chi connectivity index (χ1v) is 7.79. The lowest BCUT2D eigenvalue weighted by molar-refractivity contribution is 0.340. The third-order valence-corrected chi connectivity index (χ3v) is 3.94. The molecule has 6 heteroatoms. The average Bonchev–Trinajstić information content (AvgIpc) is 3.09. The second-order valence-corrected chi connectivity index (χ2v) is 5.64. The highest BCUT2D eigenvalue weighted by Crippen LogP contribution is 2.30. The van der Waals surface area contributed by atoms with Gasteiger partial charge in [-0.05, 0) is 31.2 Å². The summed E-state index contributed by atoms with van der Waals surface area (Å²) in [6.07, 6.45) is 0. The number of oxazole rings is 1. The van der Waals surface area contributed by atoms with Gasteiger partial charge in [-0.3, -0.25) is 0 Å². The molecule has 0 aliphatic heterocycles. The Labute approximate surface area is 130 Å². The number of hydrogen-bond acceptors (Lipinski definition) is 5. The van der Waals surface area contributed by atoms with E-state index in [9.17, 15) is 0 Å². The van der Waals surface area contributed by atoms with Crippen LogP contribution < -0.4 is 4.74 Å². The van der Waals surface area contributed by atoms with Gasteiger partial charge in [0.25, 0.3) is 5.22 Å². The maximum absolute atomic E-state index is 5.70. The van der Waals surface area contributed by atoms with Crippen molar-refractivity contribution >= 4 is 33.9 Å². The van der Waals surface area contributed by atoms with E-state index in [1.54, 1.807) is 0 Å². The number of H-pyrrole nitrogens is 1. The summed E-state index contributed by atoms with van der Waals surface area (Å²) >= 11 is 1.37. The summed E-state index contributed by atoms with van der Waals surface area (Å²) in [7, 11) is 0. The molecule has 0 radical (unpaired) electrons. The first-order chi connectivity index (χ1) is 10.8. The number of benzene rings is 2. The smallest absolute Gasteiger partial charge is 0.264 e. The number of imidazole rings is 1. The van der Waals surface area contributed by atoms with E-state index in [-0.39, 0.29) is 0 Å². The minimum atomic E-state index is 0.574. The lowest BCUT2D eigenvalue weighted by Gasteiger charge is -2.00. The third kappa shape index (κ3) is 2.42. The van der Waals surface area contributed by atoms with Crippen molar-refractivity contribution in [2.45, 2.75) is 17.3 Å². The Morgan fingerprint density at radius 2 is 2.05 bits per heavy atom. The third-order valence-electron chi connectivity index (χ3n) is 3.20. The van der Waals surface area contributed by atoms with Gasteiger partial charge in [0.2, 0.25) is 0 Å². The number of fused-ring (bicyclic) bond motifs is 2. The Morgan fingerprint density at radius 3 is 2.91 bits per heavy atom. The van der Waals surface area contributed by atoms with Gasteiger partial charge >= 0.3 is 0 Å². The van der Waals surface area contributed by atoms with Crippen molar-refractivity contribution < 1.29 is 9.15 Å². The molecule has 1 N–H and O–H groups in total. The highest BCUT2D eigenvalue weighted by molar-refractivity contribution is 7.99. The van der Waals surface area contributed by atoms with Crippen LogP contribution in [0.5, 0.6) is 5.75 Å². The van der Waals surface area contributed by atoms with Crippen molar-refractivity contribution in [3.8, 4) is 5.75 Å². The molecule has 4 rings (SSSR count). The van der Waals surface area contributed by atoms with Gasteiger partial charge in [-0.2, -0.15) is 0 Å². The van der Waals surface area contributed by atoms with E-state index in [4.69, 9.17) is 9.15 Å². The summed E-state index contributed by atoms with van der Waals surface area (Å²) < 4.78 is 11.2. The second-order valence-electron chi connectivity index (χ2n) is 4.70. The minimum Gasteiger partial charge on any atom is -0.494 e. The van der Waals surface area contributed by atoms with E-state index in [0.717, 1.165) is 33.0 Å². The van der Waals surface area contributed by atoms with Crippen LogP contribution in [-0.4, -0.2) is 21.6 Å². The molecule has 0 amide bonds. The molecule has 0 atom stereocenters. The Hall–Kier alpha value is -2.47. The first kappa shape index (κ1) is 13.2. The molecule has 4 aromatic rings. The summed E-state index contributed by atoms with van der Waals surface area (Å²) in [6.45, 7) is 2.61. The summed E-state index contributed by atoms with van der Waals surface area (Å²) in [5.74, 6) is 0.831. The van der Waals surface area contributed by atoms with Crippen LogP contribution in [0.1, 0.15) is 6.92 Å². The number of rotatable bonds is 4. The molecule has 2 aromatic carbocycles. The van der Waals surface area contributed by atoms with E-state index >= 15 is 0 Å². The fraction of sp³-hybridized carbons (Fsp3) is 0.125. The highest BCUT2D eigenvalue weighted by Gasteiger charge is 2.11. The van der Waals surface area contributed by atoms with Gasteiger partial charge < -0.3 is 14.1 Å². The maximum Gasteiger partial charge on any atom is 0.264 e. The normalized spacial score (nSPS) is 11.3. The monoisotopic (exact) mass is 311 g/mol. The number of ether oxygens (including phenoxy) is 1. The van der Waals surface area contributed by atoms with E-state index in [1.165, 1.54) is 11.8 Å². The Balaban J connectivity index is 1.65. The van der Waals surface area contributed by atoms with Gasteiger partial charge in [0.05, 0.1) is 17.6 Å². The second kappa shape index (κ2) is 5.38. The van der Waals surface area contributed by atoms with Crippen molar-refractivity contribution in [2.24, 2.45) is 0 Å². The van der Waals surface area contributed by atoms with Crippen LogP contribution in [0.15, 0.2) is 57.3 Å². The minimum absolute atomic E-state index is 0.574. The molecule has 5 nitrogen and oxygen atoms in total. The van der Waals surface area contributed by atoms with Crippen LogP contribution in [-0.2, 0) is 0 Å². The molecule has 2 heterocycles. The Morgan fingerprint density at radius 1 is 1.14 bits per heavy atom. The number of nitrogens with one attached hydrogen (secondary N) is 1. The maximum atomic E-state index is 5.70. The van der Waals surface area contributed by atoms with Crippen molar-refractivity contribution in [3.63, 3.8) is 0 Å². The predicted molar refractivity (Wildman–Crippen MR) is 85.4 cm³/mol. The fourth-order valence-electron chi connectivity index (χ4n) is 2.25. The van der Waals surface area contributed by atoms with Crippen molar-refractivity contribution in [3.05, 3.63) is 42.5 Å². The first-order valence-electron chi connectivity index (χ1n) is 6.98. The molecule has 0 aliphatic carbocycles.